The normalized spacial score (nSPS) is 17.5. The van der Waals surface area contributed by atoms with Crippen molar-refractivity contribution in [1.29, 1.82) is 0 Å². The second-order valence-electron chi connectivity index (χ2n) is 8.07. The molecule has 1 heterocycles. The van der Waals surface area contributed by atoms with Gasteiger partial charge >= 0.3 is 5.97 Å². The fourth-order valence-electron chi connectivity index (χ4n) is 4.10. The maximum Gasteiger partial charge on any atom is 0.338 e. The third-order valence-corrected chi connectivity index (χ3v) is 5.90. The van der Waals surface area contributed by atoms with Gasteiger partial charge in [0.15, 0.2) is 11.5 Å². The summed E-state index contributed by atoms with van der Waals surface area (Å²) >= 11 is 0. The van der Waals surface area contributed by atoms with Gasteiger partial charge in [0, 0.05) is 11.6 Å². The Bertz CT molecular complexity index is 1120. The van der Waals surface area contributed by atoms with Gasteiger partial charge in [-0.3, -0.25) is 14.4 Å². The smallest absolute Gasteiger partial charge is 0.338 e. The standard InChI is InChI=1S/C25H26N2O7/c1-4-34-25(31)15-5-8-18(9-6-15)27-22(28)14-19(24(27)30)26(17-10-11-17)23(29)16-7-12-20(32-2)21(13-16)33-3/h5-9,12-13,17,19H,4,10-11,14H2,1-3H3. The van der Waals surface area contributed by atoms with E-state index in [1.54, 1.807) is 25.1 Å². The Morgan fingerprint density at radius 3 is 2.21 bits per heavy atom. The minimum Gasteiger partial charge on any atom is -0.493 e. The van der Waals surface area contributed by atoms with Crippen LogP contribution in [0.5, 0.6) is 11.5 Å². The first-order chi connectivity index (χ1) is 16.4. The van der Waals surface area contributed by atoms with Gasteiger partial charge in [0.1, 0.15) is 6.04 Å². The van der Waals surface area contributed by atoms with E-state index in [-0.39, 0.29) is 25.0 Å². The Labute approximate surface area is 197 Å². The second-order valence-corrected chi connectivity index (χ2v) is 8.07. The van der Waals surface area contributed by atoms with Gasteiger partial charge in [0.05, 0.1) is 38.5 Å². The van der Waals surface area contributed by atoms with Crippen LogP contribution in [0.1, 0.15) is 46.9 Å². The summed E-state index contributed by atoms with van der Waals surface area (Å²) in [6.07, 6.45) is 1.43. The van der Waals surface area contributed by atoms with Gasteiger partial charge in [0.2, 0.25) is 5.91 Å². The number of anilines is 1. The van der Waals surface area contributed by atoms with E-state index in [9.17, 15) is 19.2 Å². The molecule has 2 fully saturated rings. The van der Waals surface area contributed by atoms with Crippen molar-refractivity contribution in [3.8, 4) is 11.5 Å². The van der Waals surface area contributed by atoms with Crippen molar-refractivity contribution in [1.82, 2.24) is 4.90 Å². The molecule has 2 aromatic carbocycles. The van der Waals surface area contributed by atoms with Gasteiger partial charge in [-0.25, -0.2) is 9.69 Å². The first-order valence-corrected chi connectivity index (χ1v) is 11.1. The molecular formula is C25H26N2O7. The minimum atomic E-state index is -0.898. The molecule has 0 N–H and O–H groups in total. The highest BCUT2D eigenvalue weighted by Crippen LogP contribution is 2.36. The Balaban J connectivity index is 1.58. The van der Waals surface area contributed by atoms with Gasteiger partial charge in [0.25, 0.3) is 11.8 Å². The fraction of sp³-hybridized carbons (Fsp3) is 0.360. The average molecular weight is 466 g/mol. The summed E-state index contributed by atoms with van der Waals surface area (Å²) in [5.74, 6) is -0.789. The molecular weight excluding hydrogens is 440 g/mol. The number of nitrogens with zero attached hydrogens (tertiary/aromatic N) is 2. The molecule has 1 atom stereocenters. The first kappa shape index (κ1) is 23.3. The van der Waals surface area contributed by atoms with Crippen LogP contribution in [0.3, 0.4) is 0 Å². The van der Waals surface area contributed by atoms with Crippen molar-refractivity contribution >= 4 is 29.4 Å². The number of imide groups is 1. The lowest BCUT2D eigenvalue weighted by atomic mass is 10.1. The van der Waals surface area contributed by atoms with Crippen LogP contribution in [-0.4, -0.2) is 61.5 Å². The second kappa shape index (κ2) is 9.54. The molecule has 4 rings (SSSR count). The third-order valence-electron chi connectivity index (χ3n) is 5.90. The highest BCUT2D eigenvalue weighted by Gasteiger charge is 2.49. The van der Waals surface area contributed by atoms with E-state index in [1.165, 1.54) is 43.4 Å². The van der Waals surface area contributed by atoms with E-state index < -0.39 is 23.8 Å². The topological polar surface area (TPSA) is 102 Å². The number of hydrogen-bond acceptors (Lipinski definition) is 7. The van der Waals surface area contributed by atoms with Crippen LogP contribution < -0.4 is 14.4 Å². The highest BCUT2D eigenvalue weighted by atomic mass is 16.5. The van der Waals surface area contributed by atoms with Crippen molar-refractivity contribution in [2.75, 3.05) is 25.7 Å². The number of carbonyl (C=O) groups excluding carboxylic acids is 4. The Morgan fingerprint density at radius 1 is 0.971 bits per heavy atom. The van der Waals surface area contributed by atoms with Crippen molar-refractivity contribution in [2.24, 2.45) is 0 Å². The monoisotopic (exact) mass is 466 g/mol. The third kappa shape index (κ3) is 4.33. The number of ether oxygens (including phenoxy) is 3. The van der Waals surface area contributed by atoms with Crippen LogP contribution in [0.15, 0.2) is 42.5 Å². The zero-order valence-corrected chi connectivity index (χ0v) is 19.3. The van der Waals surface area contributed by atoms with Crippen molar-refractivity contribution in [3.63, 3.8) is 0 Å². The molecule has 1 aliphatic carbocycles. The van der Waals surface area contributed by atoms with E-state index in [0.29, 0.717) is 28.3 Å². The predicted octanol–water partition coefficient (Wildman–Crippen LogP) is 2.82. The molecule has 2 aliphatic rings. The van der Waals surface area contributed by atoms with Gasteiger partial charge in [-0.05, 0) is 62.2 Å². The molecule has 0 bridgehead atoms. The number of amides is 3. The number of hydrogen-bond donors (Lipinski definition) is 0. The van der Waals surface area contributed by atoms with E-state index in [0.717, 1.165) is 17.7 Å². The number of benzene rings is 2. The maximum atomic E-state index is 13.5. The number of methoxy groups -OCH3 is 2. The quantitative estimate of drug-likeness (QED) is 0.435. The first-order valence-electron chi connectivity index (χ1n) is 11.1. The van der Waals surface area contributed by atoms with E-state index in [2.05, 4.69) is 0 Å². The van der Waals surface area contributed by atoms with Crippen LogP contribution in [-0.2, 0) is 14.3 Å². The number of carbonyl (C=O) groups is 4. The molecule has 0 radical (unpaired) electrons. The minimum absolute atomic E-state index is 0.103. The van der Waals surface area contributed by atoms with E-state index in [4.69, 9.17) is 14.2 Å². The van der Waals surface area contributed by atoms with Crippen LogP contribution in [0.4, 0.5) is 5.69 Å². The summed E-state index contributed by atoms with van der Waals surface area (Å²) in [5, 5.41) is 0. The lowest BCUT2D eigenvalue weighted by Gasteiger charge is -2.28. The van der Waals surface area contributed by atoms with Gasteiger partial charge in [-0.1, -0.05) is 0 Å². The SMILES string of the molecule is CCOC(=O)c1ccc(N2C(=O)CC(N(C(=O)c3ccc(OC)c(OC)c3)C3CC3)C2=O)cc1. The summed E-state index contributed by atoms with van der Waals surface area (Å²) in [5.41, 5.74) is 1.02. The molecule has 2 aromatic rings. The van der Waals surface area contributed by atoms with Crippen LogP contribution >= 0.6 is 0 Å². The summed E-state index contributed by atoms with van der Waals surface area (Å²) in [7, 11) is 2.99. The zero-order chi connectivity index (χ0) is 24.4. The van der Waals surface area contributed by atoms with Crippen molar-refractivity contribution in [3.05, 3.63) is 53.6 Å². The van der Waals surface area contributed by atoms with Gasteiger partial charge in [-0.2, -0.15) is 0 Å². The molecule has 178 valence electrons. The zero-order valence-electron chi connectivity index (χ0n) is 19.3. The van der Waals surface area contributed by atoms with E-state index >= 15 is 0 Å². The van der Waals surface area contributed by atoms with Crippen LogP contribution in [0, 0.1) is 0 Å². The molecule has 9 heteroatoms. The molecule has 1 saturated heterocycles. The van der Waals surface area contributed by atoms with Gasteiger partial charge < -0.3 is 19.1 Å². The molecule has 0 aromatic heterocycles. The molecule has 9 nitrogen and oxygen atoms in total. The highest BCUT2D eigenvalue weighted by molar-refractivity contribution is 6.23. The van der Waals surface area contributed by atoms with Crippen molar-refractivity contribution in [2.45, 2.75) is 38.3 Å². The lowest BCUT2D eigenvalue weighted by Crippen LogP contribution is -2.46. The molecule has 34 heavy (non-hydrogen) atoms. The molecule has 1 unspecified atom stereocenters. The molecule has 1 saturated carbocycles. The summed E-state index contributed by atoms with van der Waals surface area (Å²) < 4.78 is 15.5. The molecule has 1 aliphatic heterocycles. The fourth-order valence-corrected chi connectivity index (χ4v) is 4.10. The summed E-state index contributed by atoms with van der Waals surface area (Å²) in [6, 6.07) is 9.90. The maximum absolute atomic E-state index is 13.5. The summed E-state index contributed by atoms with van der Waals surface area (Å²) in [6.45, 7) is 1.96. The predicted molar refractivity (Wildman–Crippen MR) is 122 cm³/mol. The Hall–Kier alpha value is -3.88. The Kier molecular flexibility index (Phi) is 6.54. The Morgan fingerprint density at radius 2 is 1.62 bits per heavy atom. The van der Waals surface area contributed by atoms with Crippen LogP contribution in [0.2, 0.25) is 0 Å². The molecule has 0 spiro atoms. The number of rotatable bonds is 8. The lowest BCUT2D eigenvalue weighted by molar-refractivity contribution is -0.122. The summed E-state index contributed by atoms with van der Waals surface area (Å²) in [4.78, 5) is 54.1. The van der Waals surface area contributed by atoms with Gasteiger partial charge in [-0.15, -0.1) is 0 Å². The van der Waals surface area contributed by atoms with Crippen molar-refractivity contribution < 1.29 is 33.4 Å². The van der Waals surface area contributed by atoms with E-state index in [1.807, 2.05) is 0 Å². The largest absolute Gasteiger partial charge is 0.493 e. The average Bonchev–Trinajstić information content (AvgIpc) is 3.64. The molecule has 3 amide bonds. The number of esters is 1. The van der Waals surface area contributed by atoms with Crippen LogP contribution in [0.25, 0.3) is 0 Å².